The predicted octanol–water partition coefficient (Wildman–Crippen LogP) is 0.624. The second-order valence-corrected chi connectivity index (χ2v) is 4.47. The molecular weight excluding hydrogens is 222 g/mol. The number of aromatic nitrogens is 2. The van der Waals surface area contributed by atoms with Crippen LogP contribution in [0.15, 0.2) is 4.52 Å². The molecular formula is C11H17N3O3. The van der Waals surface area contributed by atoms with E-state index in [-0.39, 0.29) is 12.0 Å². The van der Waals surface area contributed by atoms with E-state index in [0.29, 0.717) is 24.9 Å². The Bertz CT molecular complexity index is 324. The van der Waals surface area contributed by atoms with E-state index in [2.05, 4.69) is 15.5 Å². The number of morpholine rings is 1. The fraction of sp³-hybridized carbons (Fsp3) is 0.818. The topological polar surface area (TPSA) is 69.4 Å². The van der Waals surface area contributed by atoms with Crippen molar-refractivity contribution >= 4 is 0 Å². The lowest BCUT2D eigenvalue weighted by molar-refractivity contribution is 0.0208. The van der Waals surface area contributed by atoms with Crippen molar-refractivity contribution in [2.45, 2.75) is 24.9 Å². The Morgan fingerprint density at radius 1 is 1.29 bits per heavy atom. The average Bonchev–Trinajstić information content (AvgIpc) is 2.90. The van der Waals surface area contributed by atoms with Gasteiger partial charge < -0.3 is 19.3 Å². The van der Waals surface area contributed by atoms with Crippen LogP contribution in [0.4, 0.5) is 0 Å². The van der Waals surface area contributed by atoms with Crippen LogP contribution >= 0.6 is 0 Å². The molecule has 2 unspecified atom stereocenters. The molecule has 0 spiro atoms. The Morgan fingerprint density at radius 2 is 2.29 bits per heavy atom. The van der Waals surface area contributed by atoms with Crippen molar-refractivity contribution < 1.29 is 14.0 Å². The van der Waals surface area contributed by atoms with Crippen molar-refractivity contribution in [2.75, 3.05) is 32.9 Å². The molecule has 2 atom stereocenters. The standard InChI is InChI=1S/C11H17N3O3/c1-2-8(7-15-4-1)11-13-10(14-17-11)9-6-12-3-5-16-9/h8-9,12H,1-7H2. The molecule has 17 heavy (non-hydrogen) atoms. The zero-order valence-electron chi connectivity index (χ0n) is 9.72. The summed E-state index contributed by atoms with van der Waals surface area (Å²) in [6.45, 7) is 3.86. The molecule has 3 rings (SSSR count). The lowest BCUT2D eigenvalue weighted by Crippen LogP contribution is -2.33. The Morgan fingerprint density at radius 3 is 3.06 bits per heavy atom. The van der Waals surface area contributed by atoms with Crippen molar-refractivity contribution in [3.63, 3.8) is 0 Å². The fourth-order valence-corrected chi connectivity index (χ4v) is 2.21. The molecule has 2 aliphatic heterocycles. The molecule has 2 fully saturated rings. The predicted molar refractivity (Wildman–Crippen MR) is 58.7 cm³/mol. The Balaban J connectivity index is 1.68. The second kappa shape index (κ2) is 5.12. The van der Waals surface area contributed by atoms with E-state index in [1.165, 1.54) is 0 Å². The van der Waals surface area contributed by atoms with Crippen LogP contribution in [0, 0.1) is 0 Å². The zero-order valence-corrected chi connectivity index (χ0v) is 9.72. The summed E-state index contributed by atoms with van der Waals surface area (Å²) in [5, 5.41) is 7.26. The van der Waals surface area contributed by atoms with Gasteiger partial charge in [-0.2, -0.15) is 4.98 Å². The van der Waals surface area contributed by atoms with E-state index in [1.54, 1.807) is 0 Å². The van der Waals surface area contributed by atoms with Crippen LogP contribution in [0.2, 0.25) is 0 Å². The van der Waals surface area contributed by atoms with Crippen LogP contribution < -0.4 is 5.32 Å². The summed E-state index contributed by atoms with van der Waals surface area (Å²) in [7, 11) is 0. The number of nitrogens with zero attached hydrogens (tertiary/aromatic N) is 2. The number of hydrogen-bond donors (Lipinski definition) is 1. The summed E-state index contributed by atoms with van der Waals surface area (Å²) in [6, 6.07) is 0. The minimum Gasteiger partial charge on any atom is -0.381 e. The van der Waals surface area contributed by atoms with Crippen molar-refractivity contribution in [3.05, 3.63) is 11.7 Å². The molecule has 0 aliphatic carbocycles. The molecule has 0 bridgehead atoms. The van der Waals surface area contributed by atoms with E-state index in [4.69, 9.17) is 14.0 Å². The highest BCUT2D eigenvalue weighted by Crippen LogP contribution is 2.25. The van der Waals surface area contributed by atoms with E-state index >= 15 is 0 Å². The van der Waals surface area contributed by atoms with Gasteiger partial charge in [0.1, 0.15) is 6.10 Å². The van der Waals surface area contributed by atoms with Gasteiger partial charge in [-0.1, -0.05) is 5.16 Å². The summed E-state index contributed by atoms with van der Waals surface area (Å²) in [6.07, 6.45) is 2.04. The first-order valence-electron chi connectivity index (χ1n) is 6.17. The molecule has 2 saturated heterocycles. The highest BCUT2D eigenvalue weighted by Gasteiger charge is 2.26. The molecule has 0 radical (unpaired) electrons. The minimum absolute atomic E-state index is 0.0780. The summed E-state index contributed by atoms with van der Waals surface area (Å²) in [4.78, 5) is 4.43. The highest BCUT2D eigenvalue weighted by atomic mass is 16.5. The Labute approximate surface area is 99.7 Å². The Hall–Kier alpha value is -0.980. The van der Waals surface area contributed by atoms with Gasteiger partial charge in [-0.15, -0.1) is 0 Å². The number of rotatable bonds is 2. The van der Waals surface area contributed by atoms with E-state index in [0.717, 1.165) is 32.5 Å². The average molecular weight is 239 g/mol. The smallest absolute Gasteiger partial charge is 0.232 e. The van der Waals surface area contributed by atoms with Gasteiger partial charge in [0, 0.05) is 19.7 Å². The molecule has 1 aromatic heterocycles. The van der Waals surface area contributed by atoms with Gasteiger partial charge in [0.05, 0.1) is 19.1 Å². The van der Waals surface area contributed by atoms with E-state index in [1.807, 2.05) is 0 Å². The van der Waals surface area contributed by atoms with Crippen molar-refractivity contribution in [3.8, 4) is 0 Å². The van der Waals surface area contributed by atoms with Gasteiger partial charge in [-0.3, -0.25) is 0 Å². The first-order valence-corrected chi connectivity index (χ1v) is 6.17. The van der Waals surface area contributed by atoms with Crippen LogP contribution in [0.25, 0.3) is 0 Å². The van der Waals surface area contributed by atoms with Gasteiger partial charge in [0.15, 0.2) is 0 Å². The zero-order chi connectivity index (χ0) is 11.5. The highest BCUT2D eigenvalue weighted by molar-refractivity contribution is 4.98. The maximum Gasteiger partial charge on any atom is 0.232 e. The molecule has 0 aromatic carbocycles. The number of ether oxygens (including phenoxy) is 2. The molecule has 1 N–H and O–H groups in total. The second-order valence-electron chi connectivity index (χ2n) is 4.47. The number of nitrogens with one attached hydrogen (secondary N) is 1. The van der Waals surface area contributed by atoms with Crippen molar-refractivity contribution in [2.24, 2.45) is 0 Å². The third kappa shape index (κ3) is 2.48. The van der Waals surface area contributed by atoms with Gasteiger partial charge >= 0.3 is 0 Å². The van der Waals surface area contributed by atoms with E-state index in [9.17, 15) is 0 Å². The molecule has 0 amide bonds. The van der Waals surface area contributed by atoms with Crippen LogP contribution in [-0.2, 0) is 9.47 Å². The van der Waals surface area contributed by atoms with Gasteiger partial charge in [0.2, 0.25) is 11.7 Å². The summed E-state index contributed by atoms with van der Waals surface area (Å²) in [5.41, 5.74) is 0. The lowest BCUT2D eigenvalue weighted by Gasteiger charge is -2.20. The SMILES string of the molecule is C1COCC(c2nc(C3CNCCO3)no2)C1. The van der Waals surface area contributed by atoms with Crippen LogP contribution in [0.3, 0.4) is 0 Å². The van der Waals surface area contributed by atoms with Crippen molar-refractivity contribution in [1.29, 1.82) is 0 Å². The molecule has 94 valence electrons. The molecule has 1 aromatic rings. The molecule has 6 nitrogen and oxygen atoms in total. The quantitative estimate of drug-likeness (QED) is 0.816. The van der Waals surface area contributed by atoms with Crippen molar-refractivity contribution in [1.82, 2.24) is 15.5 Å². The fourth-order valence-electron chi connectivity index (χ4n) is 2.21. The maximum absolute atomic E-state index is 5.59. The normalized spacial score (nSPS) is 30.4. The summed E-state index contributed by atoms with van der Waals surface area (Å²) in [5.74, 6) is 1.59. The van der Waals surface area contributed by atoms with Gasteiger partial charge in [-0.25, -0.2) is 0 Å². The molecule has 6 heteroatoms. The summed E-state index contributed by atoms with van der Waals surface area (Å²) >= 11 is 0. The maximum atomic E-state index is 5.59. The molecule has 3 heterocycles. The van der Waals surface area contributed by atoms with Gasteiger partial charge in [0.25, 0.3) is 0 Å². The number of hydrogen-bond acceptors (Lipinski definition) is 6. The minimum atomic E-state index is -0.0780. The summed E-state index contributed by atoms with van der Waals surface area (Å²) < 4.78 is 16.3. The van der Waals surface area contributed by atoms with Gasteiger partial charge in [-0.05, 0) is 12.8 Å². The third-order valence-corrected chi connectivity index (χ3v) is 3.18. The van der Waals surface area contributed by atoms with E-state index < -0.39 is 0 Å². The molecule has 0 saturated carbocycles. The van der Waals surface area contributed by atoms with Crippen LogP contribution in [0.5, 0.6) is 0 Å². The monoisotopic (exact) mass is 239 g/mol. The van der Waals surface area contributed by atoms with Crippen LogP contribution in [-0.4, -0.2) is 43.1 Å². The Kier molecular flexibility index (Phi) is 3.35. The molecule has 2 aliphatic rings. The lowest BCUT2D eigenvalue weighted by atomic mass is 10.0. The third-order valence-electron chi connectivity index (χ3n) is 3.18. The first kappa shape index (κ1) is 11.1. The first-order chi connectivity index (χ1) is 8.43. The van der Waals surface area contributed by atoms with Crippen LogP contribution in [0.1, 0.15) is 36.6 Å². The largest absolute Gasteiger partial charge is 0.381 e.